The first-order chi connectivity index (χ1) is 13.6. The summed E-state index contributed by atoms with van der Waals surface area (Å²) in [5.41, 5.74) is 3.97. The van der Waals surface area contributed by atoms with Crippen LogP contribution in [0.1, 0.15) is 43.0 Å². The van der Waals surface area contributed by atoms with E-state index in [0.29, 0.717) is 10.0 Å². The third-order valence-electron chi connectivity index (χ3n) is 4.88. The summed E-state index contributed by atoms with van der Waals surface area (Å²) in [7, 11) is 0. The second kappa shape index (κ2) is 10.1. The molecule has 0 aliphatic carbocycles. The van der Waals surface area contributed by atoms with Crippen LogP contribution in [0, 0.1) is 13.8 Å². The molecule has 156 valence electrons. The number of carbonyl (C=O) groups is 2. The standard InChI is InChI=1S/C23H28Cl2N2O2/c1-14(2)26-23(29)17(5)27(13-19-8-9-20(24)12-21(19)25)22(28)11-18-7-6-15(3)16(4)10-18/h6-10,12,14,17H,11,13H2,1-5H3,(H,26,29)/t17-/m0/s1. The predicted molar refractivity (Wildman–Crippen MR) is 119 cm³/mol. The van der Waals surface area contributed by atoms with Crippen LogP contribution in [0.4, 0.5) is 0 Å². The molecule has 0 aliphatic rings. The Bertz CT molecular complexity index is 896. The molecule has 29 heavy (non-hydrogen) atoms. The smallest absolute Gasteiger partial charge is 0.242 e. The van der Waals surface area contributed by atoms with Crippen molar-refractivity contribution in [2.24, 2.45) is 0 Å². The maximum atomic E-state index is 13.2. The van der Waals surface area contributed by atoms with E-state index in [4.69, 9.17) is 23.2 Å². The molecular formula is C23H28Cl2N2O2. The maximum Gasteiger partial charge on any atom is 0.242 e. The Morgan fingerprint density at radius 2 is 1.69 bits per heavy atom. The molecular weight excluding hydrogens is 407 g/mol. The van der Waals surface area contributed by atoms with Crippen molar-refractivity contribution in [3.63, 3.8) is 0 Å². The van der Waals surface area contributed by atoms with E-state index in [2.05, 4.69) is 5.32 Å². The molecule has 0 bridgehead atoms. The lowest BCUT2D eigenvalue weighted by molar-refractivity contribution is -0.140. The summed E-state index contributed by atoms with van der Waals surface area (Å²) in [5.74, 6) is -0.329. The molecule has 0 radical (unpaired) electrons. The van der Waals surface area contributed by atoms with E-state index >= 15 is 0 Å². The molecule has 2 rings (SSSR count). The molecule has 1 N–H and O–H groups in total. The fourth-order valence-corrected chi connectivity index (χ4v) is 3.48. The van der Waals surface area contributed by atoms with Crippen LogP contribution < -0.4 is 5.32 Å². The molecule has 0 saturated heterocycles. The molecule has 0 heterocycles. The highest BCUT2D eigenvalue weighted by Gasteiger charge is 2.27. The van der Waals surface area contributed by atoms with Crippen LogP contribution in [-0.2, 0) is 22.6 Å². The zero-order valence-corrected chi connectivity index (χ0v) is 19.1. The Kier molecular flexibility index (Phi) is 8.12. The van der Waals surface area contributed by atoms with E-state index in [9.17, 15) is 9.59 Å². The average molecular weight is 435 g/mol. The number of hydrogen-bond donors (Lipinski definition) is 1. The van der Waals surface area contributed by atoms with Crippen molar-refractivity contribution in [1.82, 2.24) is 10.2 Å². The first kappa shape index (κ1) is 23.2. The Hall–Kier alpha value is -2.04. The Balaban J connectivity index is 2.30. The Labute approximate surface area is 183 Å². The van der Waals surface area contributed by atoms with Gasteiger partial charge in [0.15, 0.2) is 0 Å². The highest BCUT2D eigenvalue weighted by atomic mass is 35.5. The minimum absolute atomic E-state index is 0.0132. The topological polar surface area (TPSA) is 49.4 Å². The third kappa shape index (κ3) is 6.48. The Morgan fingerprint density at radius 3 is 2.28 bits per heavy atom. The SMILES string of the molecule is Cc1ccc(CC(=O)N(Cc2ccc(Cl)cc2Cl)[C@@H](C)C(=O)NC(C)C)cc1C. The molecule has 0 spiro atoms. The van der Waals surface area contributed by atoms with Crippen LogP contribution in [0.5, 0.6) is 0 Å². The molecule has 0 fully saturated rings. The molecule has 1 atom stereocenters. The molecule has 2 aromatic rings. The van der Waals surface area contributed by atoms with E-state index in [1.807, 2.05) is 45.9 Å². The molecule has 2 amide bonds. The maximum absolute atomic E-state index is 13.2. The van der Waals surface area contributed by atoms with Crippen molar-refractivity contribution in [1.29, 1.82) is 0 Å². The Morgan fingerprint density at radius 1 is 1.00 bits per heavy atom. The van der Waals surface area contributed by atoms with Gasteiger partial charge >= 0.3 is 0 Å². The number of benzene rings is 2. The zero-order chi connectivity index (χ0) is 21.7. The lowest BCUT2D eigenvalue weighted by Crippen LogP contribution is -2.49. The molecule has 0 aromatic heterocycles. The molecule has 6 heteroatoms. The quantitative estimate of drug-likeness (QED) is 0.658. The van der Waals surface area contributed by atoms with Crippen LogP contribution in [0.25, 0.3) is 0 Å². The monoisotopic (exact) mass is 434 g/mol. The van der Waals surface area contributed by atoms with Gasteiger partial charge in [-0.2, -0.15) is 0 Å². The third-order valence-corrected chi connectivity index (χ3v) is 5.47. The predicted octanol–water partition coefficient (Wildman–Crippen LogP) is 5.09. The van der Waals surface area contributed by atoms with Gasteiger partial charge in [0.1, 0.15) is 6.04 Å². The summed E-state index contributed by atoms with van der Waals surface area (Å²) in [5, 5.41) is 3.88. The van der Waals surface area contributed by atoms with Gasteiger partial charge in [-0.3, -0.25) is 9.59 Å². The van der Waals surface area contributed by atoms with Crippen LogP contribution in [0.3, 0.4) is 0 Å². The molecule has 0 saturated carbocycles. The number of halogens is 2. The van der Waals surface area contributed by atoms with Crippen molar-refractivity contribution in [3.05, 3.63) is 68.7 Å². The molecule has 0 unspecified atom stereocenters. The van der Waals surface area contributed by atoms with E-state index in [1.54, 1.807) is 30.0 Å². The van der Waals surface area contributed by atoms with Crippen LogP contribution >= 0.6 is 23.2 Å². The highest BCUT2D eigenvalue weighted by molar-refractivity contribution is 6.35. The van der Waals surface area contributed by atoms with Gasteiger partial charge in [0.05, 0.1) is 6.42 Å². The van der Waals surface area contributed by atoms with Gasteiger partial charge in [0.25, 0.3) is 0 Å². The average Bonchev–Trinajstić information content (AvgIpc) is 2.63. The second-order valence-corrected chi connectivity index (χ2v) is 8.54. The largest absolute Gasteiger partial charge is 0.352 e. The number of hydrogen-bond acceptors (Lipinski definition) is 2. The van der Waals surface area contributed by atoms with Crippen molar-refractivity contribution >= 4 is 35.0 Å². The molecule has 4 nitrogen and oxygen atoms in total. The highest BCUT2D eigenvalue weighted by Crippen LogP contribution is 2.24. The van der Waals surface area contributed by atoms with Crippen molar-refractivity contribution in [2.75, 3.05) is 0 Å². The van der Waals surface area contributed by atoms with E-state index in [-0.39, 0.29) is 30.8 Å². The van der Waals surface area contributed by atoms with Crippen LogP contribution in [0.2, 0.25) is 10.0 Å². The first-order valence-corrected chi connectivity index (χ1v) is 10.4. The molecule has 0 aliphatic heterocycles. The van der Waals surface area contributed by atoms with Gasteiger partial charge in [-0.05, 0) is 69.0 Å². The number of nitrogens with one attached hydrogen (secondary N) is 1. The fourth-order valence-electron chi connectivity index (χ4n) is 3.01. The summed E-state index contributed by atoms with van der Waals surface area (Å²) in [6.07, 6.45) is 0.214. The number of amides is 2. The van der Waals surface area contributed by atoms with Crippen LogP contribution in [-0.4, -0.2) is 28.8 Å². The summed E-state index contributed by atoms with van der Waals surface area (Å²) in [4.78, 5) is 27.4. The lowest BCUT2D eigenvalue weighted by atomic mass is 10.0. The van der Waals surface area contributed by atoms with Gasteiger partial charge in [-0.15, -0.1) is 0 Å². The van der Waals surface area contributed by atoms with Gasteiger partial charge in [0, 0.05) is 22.6 Å². The minimum atomic E-state index is -0.636. The van der Waals surface area contributed by atoms with Crippen molar-refractivity contribution < 1.29 is 9.59 Å². The lowest BCUT2D eigenvalue weighted by Gasteiger charge is -2.30. The van der Waals surface area contributed by atoms with Gasteiger partial charge in [0.2, 0.25) is 11.8 Å². The fraction of sp³-hybridized carbons (Fsp3) is 0.391. The van der Waals surface area contributed by atoms with Gasteiger partial charge in [-0.25, -0.2) is 0 Å². The van der Waals surface area contributed by atoms with Gasteiger partial charge in [-0.1, -0.05) is 47.5 Å². The number of aryl methyl sites for hydroxylation is 2. The first-order valence-electron chi connectivity index (χ1n) is 9.68. The number of nitrogens with zero attached hydrogens (tertiary/aromatic N) is 1. The minimum Gasteiger partial charge on any atom is -0.352 e. The normalized spacial score (nSPS) is 12.0. The molecule has 2 aromatic carbocycles. The van der Waals surface area contributed by atoms with Gasteiger partial charge < -0.3 is 10.2 Å². The second-order valence-electron chi connectivity index (χ2n) is 7.69. The summed E-state index contributed by atoms with van der Waals surface area (Å²) in [6, 6.07) is 10.5. The summed E-state index contributed by atoms with van der Waals surface area (Å²) >= 11 is 12.3. The van der Waals surface area contributed by atoms with E-state index in [0.717, 1.165) is 16.7 Å². The number of carbonyl (C=O) groups excluding carboxylic acids is 2. The van der Waals surface area contributed by atoms with Crippen molar-refractivity contribution in [3.8, 4) is 0 Å². The zero-order valence-electron chi connectivity index (χ0n) is 17.6. The van der Waals surface area contributed by atoms with Crippen molar-refractivity contribution in [2.45, 2.75) is 59.7 Å². The number of rotatable bonds is 7. The van der Waals surface area contributed by atoms with E-state index < -0.39 is 6.04 Å². The summed E-state index contributed by atoms with van der Waals surface area (Å²) in [6.45, 7) is 9.80. The van der Waals surface area contributed by atoms with Crippen LogP contribution in [0.15, 0.2) is 36.4 Å². The van der Waals surface area contributed by atoms with E-state index in [1.165, 1.54) is 5.56 Å². The summed E-state index contributed by atoms with van der Waals surface area (Å²) < 4.78 is 0.